The van der Waals surface area contributed by atoms with Crippen LogP contribution in [0.1, 0.15) is 23.1 Å². The van der Waals surface area contributed by atoms with Crippen LogP contribution in [0.5, 0.6) is 0 Å². The second-order valence-electron chi connectivity index (χ2n) is 4.50. The maximum absolute atomic E-state index is 6.22. The van der Waals surface area contributed by atoms with Crippen molar-refractivity contribution in [2.45, 2.75) is 13.0 Å². The Hall–Kier alpha value is -2.60. The van der Waals surface area contributed by atoms with E-state index in [9.17, 15) is 0 Å². The fraction of sp³-hybridized carbons (Fsp3) is 0.143. The lowest BCUT2D eigenvalue weighted by atomic mass is 10.2. The van der Waals surface area contributed by atoms with Crippen LogP contribution >= 0.6 is 0 Å². The first-order valence-electron chi connectivity index (χ1n) is 6.26. The summed E-state index contributed by atoms with van der Waals surface area (Å²) in [7, 11) is 0. The SMILES string of the molecule is Cc1cnc(C(N)c2cnnn2-c2ccccc2)nc1. The molecular weight excluding hydrogens is 252 g/mol. The molecule has 100 valence electrons. The second kappa shape index (κ2) is 5.18. The molecule has 1 aromatic carbocycles. The smallest absolute Gasteiger partial charge is 0.151 e. The molecule has 6 heteroatoms. The lowest BCUT2D eigenvalue weighted by Gasteiger charge is -2.12. The van der Waals surface area contributed by atoms with Crippen LogP contribution in [-0.4, -0.2) is 25.0 Å². The van der Waals surface area contributed by atoms with Crippen LogP contribution < -0.4 is 5.73 Å². The number of hydrogen-bond acceptors (Lipinski definition) is 5. The third-order valence-electron chi connectivity index (χ3n) is 2.97. The molecule has 0 aliphatic rings. The van der Waals surface area contributed by atoms with Gasteiger partial charge in [0.2, 0.25) is 0 Å². The summed E-state index contributed by atoms with van der Waals surface area (Å²) in [4.78, 5) is 8.53. The first-order chi connectivity index (χ1) is 9.75. The number of para-hydroxylation sites is 1. The van der Waals surface area contributed by atoms with E-state index in [-0.39, 0.29) is 0 Å². The van der Waals surface area contributed by atoms with Crippen LogP contribution in [0.25, 0.3) is 5.69 Å². The fourth-order valence-corrected chi connectivity index (χ4v) is 1.92. The molecule has 0 spiro atoms. The van der Waals surface area contributed by atoms with E-state index in [1.807, 2.05) is 37.3 Å². The van der Waals surface area contributed by atoms with Crippen molar-refractivity contribution in [2.24, 2.45) is 5.73 Å². The Morgan fingerprint density at radius 1 is 1.05 bits per heavy atom. The Labute approximate surface area is 116 Å². The molecule has 3 aromatic rings. The van der Waals surface area contributed by atoms with Crippen molar-refractivity contribution in [2.75, 3.05) is 0 Å². The highest BCUT2D eigenvalue weighted by atomic mass is 15.4. The predicted octanol–water partition coefficient (Wildman–Crippen LogP) is 1.41. The molecule has 0 fully saturated rings. The Morgan fingerprint density at radius 3 is 2.45 bits per heavy atom. The van der Waals surface area contributed by atoms with Crippen LogP contribution in [0.4, 0.5) is 0 Å². The molecule has 1 atom stereocenters. The summed E-state index contributed by atoms with van der Waals surface area (Å²) in [5.74, 6) is 0.551. The third kappa shape index (κ3) is 2.28. The summed E-state index contributed by atoms with van der Waals surface area (Å²) in [6.45, 7) is 1.94. The molecule has 2 N–H and O–H groups in total. The minimum absolute atomic E-state index is 0.467. The number of rotatable bonds is 3. The Balaban J connectivity index is 1.99. The zero-order valence-corrected chi connectivity index (χ0v) is 11.0. The van der Waals surface area contributed by atoms with Crippen LogP contribution in [0.15, 0.2) is 48.9 Å². The highest BCUT2D eigenvalue weighted by molar-refractivity contribution is 5.33. The van der Waals surface area contributed by atoms with Gasteiger partial charge in [-0.15, -0.1) is 5.10 Å². The van der Waals surface area contributed by atoms with Gasteiger partial charge in [0.1, 0.15) is 6.04 Å². The molecule has 1 unspecified atom stereocenters. The van der Waals surface area contributed by atoms with Gasteiger partial charge >= 0.3 is 0 Å². The summed E-state index contributed by atoms with van der Waals surface area (Å²) in [5, 5.41) is 8.02. The van der Waals surface area contributed by atoms with Gasteiger partial charge in [-0.05, 0) is 24.6 Å². The average Bonchev–Trinajstić information content (AvgIpc) is 2.97. The Kier molecular flexibility index (Phi) is 3.22. The van der Waals surface area contributed by atoms with Crippen molar-refractivity contribution in [1.82, 2.24) is 25.0 Å². The van der Waals surface area contributed by atoms with Gasteiger partial charge in [-0.2, -0.15) is 0 Å². The van der Waals surface area contributed by atoms with E-state index in [1.54, 1.807) is 23.3 Å². The number of hydrogen-bond donors (Lipinski definition) is 1. The molecule has 0 aliphatic carbocycles. The molecule has 0 amide bonds. The topological polar surface area (TPSA) is 82.5 Å². The average molecular weight is 266 g/mol. The molecule has 2 heterocycles. The molecular formula is C14H14N6. The van der Waals surface area contributed by atoms with Crippen molar-refractivity contribution in [3.63, 3.8) is 0 Å². The molecule has 0 saturated heterocycles. The van der Waals surface area contributed by atoms with E-state index < -0.39 is 6.04 Å². The first kappa shape index (κ1) is 12.4. The number of aromatic nitrogens is 5. The zero-order chi connectivity index (χ0) is 13.9. The van der Waals surface area contributed by atoms with Gasteiger partial charge in [0.15, 0.2) is 5.82 Å². The van der Waals surface area contributed by atoms with E-state index in [4.69, 9.17) is 5.73 Å². The Bertz CT molecular complexity index is 689. The Morgan fingerprint density at radius 2 is 1.75 bits per heavy atom. The molecule has 6 nitrogen and oxygen atoms in total. The predicted molar refractivity (Wildman–Crippen MR) is 74.2 cm³/mol. The molecule has 0 aliphatic heterocycles. The second-order valence-corrected chi connectivity index (χ2v) is 4.50. The summed E-state index contributed by atoms with van der Waals surface area (Å²) in [6.07, 6.45) is 5.14. The van der Waals surface area contributed by atoms with E-state index in [0.717, 1.165) is 16.9 Å². The van der Waals surface area contributed by atoms with Gasteiger partial charge in [-0.3, -0.25) is 0 Å². The number of aryl methyl sites for hydroxylation is 1. The summed E-state index contributed by atoms with van der Waals surface area (Å²) < 4.78 is 1.70. The highest BCUT2D eigenvalue weighted by Crippen LogP contribution is 2.18. The van der Waals surface area contributed by atoms with Crippen LogP contribution in [0.2, 0.25) is 0 Å². The molecule has 0 saturated carbocycles. The lowest BCUT2D eigenvalue weighted by molar-refractivity contribution is 0.688. The van der Waals surface area contributed by atoms with Crippen molar-refractivity contribution in [3.05, 3.63) is 66.0 Å². The summed E-state index contributed by atoms with van der Waals surface area (Å²) >= 11 is 0. The van der Waals surface area contributed by atoms with Crippen molar-refractivity contribution < 1.29 is 0 Å². The molecule has 2 aromatic heterocycles. The minimum atomic E-state index is -0.467. The monoisotopic (exact) mass is 266 g/mol. The third-order valence-corrected chi connectivity index (χ3v) is 2.97. The number of nitrogens with zero attached hydrogens (tertiary/aromatic N) is 5. The van der Waals surface area contributed by atoms with Gasteiger partial charge in [-0.25, -0.2) is 14.6 Å². The van der Waals surface area contributed by atoms with E-state index >= 15 is 0 Å². The van der Waals surface area contributed by atoms with E-state index in [1.165, 1.54) is 0 Å². The molecule has 0 radical (unpaired) electrons. The molecule has 3 rings (SSSR count). The maximum atomic E-state index is 6.22. The van der Waals surface area contributed by atoms with Gasteiger partial charge in [0.05, 0.1) is 17.6 Å². The maximum Gasteiger partial charge on any atom is 0.151 e. The van der Waals surface area contributed by atoms with Gasteiger partial charge in [0.25, 0.3) is 0 Å². The van der Waals surface area contributed by atoms with Crippen LogP contribution in [0, 0.1) is 6.92 Å². The fourth-order valence-electron chi connectivity index (χ4n) is 1.92. The minimum Gasteiger partial charge on any atom is -0.316 e. The van der Waals surface area contributed by atoms with Crippen LogP contribution in [0.3, 0.4) is 0 Å². The summed E-state index contributed by atoms with van der Waals surface area (Å²) in [6, 6.07) is 9.25. The van der Waals surface area contributed by atoms with Crippen LogP contribution in [-0.2, 0) is 0 Å². The quantitative estimate of drug-likeness (QED) is 0.775. The van der Waals surface area contributed by atoms with Crippen molar-refractivity contribution in [1.29, 1.82) is 0 Å². The zero-order valence-electron chi connectivity index (χ0n) is 11.0. The summed E-state index contributed by atoms with van der Waals surface area (Å²) in [5.41, 5.74) is 8.87. The van der Waals surface area contributed by atoms with E-state index in [0.29, 0.717) is 5.82 Å². The number of benzene rings is 1. The number of nitrogens with two attached hydrogens (primary N) is 1. The van der Waals surface area contributed by atoms with Gasteiger partial charge in [-0.1, -0.05) is 23.4 Å². The molecule has 0 bridgehead atoms. The van der Waals surface area contributed by atoms with Gasteiger partial charge < -0.3 is 5.73 Å². The standard InChI is InChI=1S/C14H14N6/c1-10-7-16-14(17-8-10)13(15)12-9-18-19-20(12)11-5-3-2-4-6-11/h2-9,13H,15H2,1H3. The van der Waals surface area contributed by atoms with Gasteiger partial charge in [0, 0.05) is 12.4 Å². The lowest BCUT2D eigenvalue weighted by Crippen LogP contribution is -2.19. The largest absolute Gasteiger partial charge is 0.316 e. The normalized spacial score (nSPS) is 12.3. The van der Waals surface area contributed by atoms with E-state index in [2.05, 4.69) is 20.3 Å². The molecule has 20 heavy (non-hydrogen) atoms. The van der Waals surface area contributed by atoms with Crippen molar-refractivity contribution >= 4 is 0 Å². The highest BCUT2D eigenvalue weighted by Gasteiger charge is 2.18. The first-order valence-corrected chi connectivity index (χ1v) is 6.26. The van der Waals surface area contributed by atoms with Crippen molar-refractivity contribution in [3.8, 4) is 5.69 Å².